The second-order valence-corrected chi connectivity index (χ2v) is 7.95. The van der Waals surface area contributed by atoms with Crippen LogP contribution in [0.25, 0.3) is 10.6 Å². The molecule has 140 valence electrons. The number of hydrogen-bond donors (Lipinski definition) is 2. The molecule has 3 N–H and O–H groups in total. The number of carbonyl (C=O) groups excluding carboxylic acids is 2. The van der Waals surface area contributed by atoms with Gasteiger partial charge in [0, 0.05) is 25.7 Å². The molecular formula is C18H24N4O3S. The van der Waals surface area contributed by atoms with Crippen molar-refractivity contribution in [3.8, 4) is 10.6 Å². The number of nitrogens with zero attached hydrogens (tertiary/aromatic N) is 2. The van der Waals surface area contributed by atoms with Gasteiger partial charge in [-0.1, -0.05) is 17.6 Å². The minimum atomic E-state index is -0.354. The van der Waals surface area contributed by atoms with Crippen molar-refractivity contribution in [2.75, 3.05) is 26.2 Å². The molecule has 2 amide bonds. The number of primary amides is 1. The van der Waals surface area contributed by atoms with Gasteiger partial charge in [-0.15, -0.1) is 11.3 Å². The van der Waals surface area contributed by atoms with Crippen LogP contribution in [0.2, 0.25) is 0 Å². The van der Waals surface area contributed by atoms with Crippen molar-refractivity contribution in [3.63, 3.8) is 0 Å². The summed E-state index contributed by atoms with van der Waals surface area (Å²) >= 11 is 1.54. The zero-order valence-electron chi connectivity index (χ0n) is 14.9. The number of likely N-dealkylation sites (tertiary alicyclic amines) is 1. The molecule has 0 saturated carbocycles. The normalized spacial score (nSPS) is 16.2. The lowest BCUT2D eigenvalue weighted by Crippen LogP contribution is -2.60. The molecule has 0 bridgehead atoms. The molecule has 1 saturated heterocycles. The lowest BCUT2D eigenvalue weighted by Gasteiger charge is -2.45. The maximum absolute atomic E-state index is 12.1. The Balaban J connectivity index is 1.29. The Bertz CT molecular complexity index is 750. The quantitative estimate of drug-likeness (QED) is 0.653. The number of unbranched alkanes of at least 4 members (excludes halogenated alkanes) is 2. The molecule has 8 heteroatoms. The number of aromatic nitrogens is 1. The van der Waals surface area contributed by atoms with Crippen LogP contribution in [0.3, 0.4) is 0 Å². The number of amides is 2. The summed E-state index contributed by atoms with van der Waals surface area (Å²) in [6.07, 6.45) is 2.96. The van der Waals surface area contributed by atoms with Crippen molar-refractivity contribution in [3.05, 3.63) is 29.3 Å². The number of nitrogens with one attached hydrogen (secondary N) is 1. The van der Waals surface area contributed by atoms with Gasteiger partial charge in [0.1, 0.15) is 0 Å². The van der Waals surface area contributed by atoms with Gasteiger partial charge in [-0.2, -0.15) is 0 Å². The van der Waals surface area contributed by atoms with E-state index in [9.17, 15) is 9.59 Å². The summed E-state index contributed by atoms with van der Waals surface area (Å²) in [7, 11) is 0. The molecular weight excluding hydrogens is 352 g/mol. The third-order valence-electron chi connectivity index (χ3n) is 4.68. The summed E-state index contributed by atoms with van der Waals surface area (Å²) in [6.45, 7) is 4.98. The maximum Gasteiger partial charge on any atom is 0.273 e. The zero-order valence-corrected chi connectivity index (χ0v) is 15.7. The van der Waals surface area contributed by atoms with Gasteiger partial charge < -0.3 is 20.5 Å². The van der Waals surface area contributed by atoms with Crippen LogP contribution in [0, 0.1) is 5.41 Å². The van der Waals surface area contributed by atoms with Crippen molar-refractivity contribution in [2.24, 2.45) is 11.1 Å². The summed E-state index contributed by atoms with van der Waals surface area (Å²) in [5.41, 5.74) is 5.33. The topological polar surface area (TPSA) is 101 Å². The largest absolute Gasteiger partial charge is 0.369 e. The summed E-state index contributed by atoms with van der Waals surface area (Å²) in [5.74, 6) is 0.186. The molecule has 0 spiro atoms. The minimum absolute atomic E-state index is 0.212. The molecule has 2 aromatic rings. The highest BCUT2D eigenvalue weighted by Crippen LogP contribution is 2.29. The number of carbonyl (C=O) groups is 2. The van der Waals surface area contributed by atoms with Crippen LogP contribution in [-0.2, 0) is 4.79 Å². The molecule has 26 heavy (non-hydrogen) atoms. The molecule has 1 aliphatic rings. The Morgan fingerprint density at radius 3 is 2.88 bits per heavy atom. The van der Waals surface area contributed by atoms with Gasteiger partial charge >= 0.3 is 0 Å². The molecule has 7 nitrogen and oxygen atoms in total. The average molecular weight is 376 g/mol. The number of thiophene rings is 1. The van der Waals surface area contributed by atoms with Gasteiger partial charge in [-0.3, -0.25) is 9.59 Å². The minimum Gasteiger partial charge on any atom is -0.369 e. The van der Waals surface area contributed by atoms with Gasteiger partial charge in [-0.05, 0) is 37.8 Å². The fraction of sp³-hybridized carbons (Fsp3) is 0.500. The van der Waals surface area contributed by atoms with E-state index in [1.165, 1.54) is 0 Å². The van der Waals surface area contributed by atoms with Gasteiger partial charge in [0.15, 0.2) is 11.5 Å². The smallest absolute Gasteiger partial charge is 0.273 e. The lowest BCUT2D eigenvalue weighted by molar-refractivity contribution is -0.136. The highest BCUT2D eigenvalue weighted by atomic mass is 32.1. The second-order valence-electron chi connectivity index (χ2n) is 7.01. The SMILES string of the molecule is CC1(C(N)=O)CN(CCCCCNC(=O)c2cc(-c3cccs3)on2)C1. The van der Waals surface area contributed by atoms with E-state index in [2.05, 4.69) is 15.4 Å². The Morgan fingerprint density at radius 1 is 1.38 bits per heavy atom. The molecule has 0 aromatic carbocycles. The van der Waals surface area contributed by atoms with Crippen molar-refractivity contribution in [1.29, 1.82) is 0 Å². The summed E-state index contributed by atoms with van der Waals surface area (Å²) in [4.78, 5) is 26.5. The molecule has 3 heterocycles. The fourth-order valence-electron chi connectivity index (χ4n) is 3.10. The molecule has 1 aliphatic heterocycles. The van der Waals surface area contributed by atoms with Gasteiger partial charge in [0.25, 0.3) is 5.91 Å². The van der Waals surface area contributed by atoms with Crippen LogP contribution in [0.5, 0.6) is 0 Å². The van der Waals surface area contributed by atoms with Crippen LogP contribution < -0.4 is 11.1 Å². The standard InChI is InChI=1S/C18H24N4O3S/c1-18(17(19)24)11-22(12-18)8-4-2-3-7-20-16(23)13-10-14(25-21-13)15-6-5-9-26-15/h5-6,9-10H,2-4,7-8,11-12H2,1H3,(H2,19,24)(H,20,23). The van der Waals surface area contributed by atoms with Gasteiger partial charge in [0.2, 0.25) is 5.91 Å². The first-order valence-corrected chi connectivity index (χ1v) is 9.67. The van der Waals surface area contributed by atoms with E-state index < -0.39 is 0 Å². The number of rotatable bonds is 9. The van der Waals surface area contributed by atoms with E-state index in [-0.39, 0.29) is 17.2 Å². The van der Waals surface area contributed by atoms with Crippen molar-refractivity contribution in [2.45, 2.75) is 26.2 Å². The first-order valence-electron chi connectivity index (χ1n) is 8.79. The number of nitrogens with two attached hydrogens (primary N) is 1. The van der Waals surface area contributed by atoms with Gasteiger partial charge in [-0.25, -0.2) is 0 Å². The Labute approximate surface area is 156 Å². The molecule has 0 unspecified atom stereocenters. The van der Waals surface area contributed by atoms with Crippen LogP contribution in [0.15, 0.2) is 28.1 Å². The van der Waals surface area contributed by atoms with E-state index in [1.54, 1.807) is 17.4 Å². The summed E-state index contributed by atoms with van der Waals surface area (Å²) in [6, 6.07) is 5.52. The highest BCUT2D eigenvalue weighted by Gasteiger charge is 2.43. The highest BCUT2D eigenvalue weighted by molar-refractivity contribution is 7.13. The predicted molar refractivity (Wildman–Crippen MR) is 99.7 cm³/mol. The monoisotopic (exact) mass is 376 g/mol. The third kappa shape index (κ3) is 4.31. The molecule has 1 fully saturated rings. The third-order valence-corrected chi connectivity index (χ3v) is 5.57. The van der Waals surface area contributed by atoms with Crippen molar-refractivity contribution in [1.82, 2.24) is 15.4 Å². The first-order chi connectivity index (χ1) is 12.5. The van der Waals surface area contributed by atoms with Crippen LogP contribution >= 0.6 is 11.3 Å². The maximum atomic E-state index is 12.1. The Kier molecular flexibility index (Phi) is 5.73. The van der Waals surface area contributed by atoms with Crippen LogP contribution in [-0.4, -0.2) is 48.0 Å². The molecule has 2 aromatic heterocycles. The molecule has 0 atom stereocenters. The summed E-state index contributed by atoms with van der Waals surface area (Å²) in [5, 5.41) is 8.65. The van der Waals surface area contributed by atoms with E-state index in [1.807, 2.05) is 24.4 Å². The molecule has 0 aliphatic carbocycles. The second kappa shape index (κ2) is 8.01. The van der Waals surface area contributed by atoms with E-state index in [0.29, 0.717) is 18.0 Å². The van der Waals surface area contributed by atoms with E-state index >= 15 is 0 Å². The number of hydrogen-bond acceptors (Lipinski definition) is 6. The Hall–Kier alpha value is -2.19. The van der Waals surface area contributed by atoms with Crippen LogP contribution in [0.4, 0.5) is 0 Å². The van der Waals surface area contributed by atoms with Gasteiger partial charge in [0.05, 0.1) is 10.3 Å². The van der Waals surface area contributed by atoms with E-state index in [4.69, 9.17) is 10.3 Å². The predicted octanol–water partition coefficient (Wildman–Crippen LogP) is 2.11. The summed E-state index contributed by atoms with van der Waals surface area (Å²) < 4.78 is 5.21. The Morgan fingerprint density at radius 2 is 2.19 bits per heavy atom. The fourth-order valence-corrected chi connectivity index (χ4v) is 3.77. The molecule has 3 rings (SSSR count). The molecule has 0 radical (unpaired) electrons. The lowest BCUT2D eigenvalue weighted by atomic mass is 9.81. The van der Waals surface area contributed by atoms with Crippen molar-refractivity contribution >= 4 is 23.2 Å². The van der Waals surface area contributed by atoms with Crippen molar-refractivity contribution < 1.29 is 14.1 Å². The van der Waals surface area contributed by atoms with E-state index in [0.717, 1.165) is 43.8 Å². The first kappa shape index (κ1) is 18.6. The van der Waals surface area contributed by atoms with Crippen LogP contribution in [0.1, 0.15) is 36.7 Å². The zero-order chi connectivity index (χ0) is 18.6. The average Bonchev–Trinajstić information content (AvgIpc) is 3.26.